The van der Waals surface area contributed by atoms with Gasteiger partial charge in [0.25, 0.3) is 0 Å². The maximum Gasteiger partial charge on any atom is 0.221 e. The molecule has 23 heavy (non-hydrogen) atoms. The van der Waals surface area contributed by atoms with E-state index in [1.165, 1.54) is 0 Å². The molecule has 0 aromatic heterocycles. The van der Waals surface area contributed by atoms with Crippen LogP contribution < -0.4 is 20.3 Å². The normalized spacial score (nSPS) is 24.5. The molecule has 0 spiro atoms. The number of methoxy groups -OCH3 is 1. The number of ether oxygens (including phenoxy) is 2. The van der Waals surface area contributed by atoms with Gasteiger partial charge in [0.15, 0.2) is 0 Å². The van der Waals surface area contributed by atoms with E-state index >= 15 is 0 Å². The van der Waals surface area contributed by atoms with Crippen molar-refractivity contribution in [2.75, 3.05) is 44.9 Å². The van der Waals surface area contributed by atoms with E-state index in [1.807, 2.05) is 18.2 Å². The summed E-state index contributed by atoms with van der Waals surface area (Å²) in [6.07, 6.45) is 1.45. The van der Waals surface area contributed by atoms with E-state index in [2.05, 4.69) is 21.6 Å². The van der Waals surface area contributed by atoms with E-state index in [9.17, 15) is 4.79 Å². The van der Waals surface area contributed by atoms with Gasteiger partial charge < -0.3 is 25.0 Å². The Bertz CT molecular complexity index is 532. The summed E-state index contributed by atoms with van der Waals surface area (Å²) in [4.78, 5) is 14.5. The fourth-order valence-electron chi connectivity index (χ4n) is 3.18. The van der Waals surface area contributed by atoms with Crippen LogP contribution in [0.5, 0.6) is 5.75 Å². The van der Waals surface area contributed by atoms with Gasteiger partial charge in [0, 0.05) is 49.9 Å². The first-order valence-electron chi connectivity index (χ1n) is 8.24. The van der Waals surface area contributed by atoms with Crippen LogP contribution in [0.15, 0.2) is 24.3 Å². The summed E-state index contributed by atoms with van der Waals surface area (Å²) in [7, 11) is 1.68. The SMILES string of the molecule is COc1cccc(N2CCC(NC(=O)CC3COCCN3)C2)c1. The highest BCUT2D eigenvalue weighted by Gasteiger charge is 2.25. The van der Waals surface area contributed by atoms with Gasteiger partial charge in [-0.3, -0.25) is 4.79 Å². The van der Waals surface area contributed by atoms with Gasteiger partial charge in [0.1, 0.15) is 5.75 Å². The second-order valence-electron chi connectivity index (χ2n) is 6.13. The van der Waals surface area contributed by atoms with Gasteiger partial charge in [0.2, 0.25) is 5.91 Å². The van der Waals surface area contributed by atoms with Crippen LogP contribution in [0.1, 0.15) is 12.8 Å². The van der Waals surface area contributed by atoms with E-state index < -0.39 is 0 Å². The number of morpholine rings is 1. The zero-order chi connectivity index (χ0) is 16.1. The lowest BCUT2D eigenvalue weighted by molar-refractivity contribution is -0.122. The van der Waals surface area contributed by atoms with E-state index in [-0.39, 0.29) is 18.0 Å². The molecule has 0 saturated carbocycles. The minimum absolute atomic E-state index is 0.102. The van der Waals surface area contributed by atoms with E-state index in [0.717, 1.165) is 44.1 Å². The van der Waals surface area contributed by atoms with Crippen LogP contribution in [0.2, 0.25) is 0 Å². The average Bonchev–Trinajstić information content (AvgIpc) is 3.04. The Morgan fingerprint density at radius 3 is 3.22 bits per heavy atom. The molecule has 126 valence electrons. The van der Waals surface area contributed by atoms with Crippen molar-refractivity contribution < 1.29 is 14.3 Å². The van der Waals surface area contributed by atoms with Crippen LogP contribution in [0, 0.1) is 0 Å². The number of carbonyl (C=O) groups is 1. The minimum Gasteiger partial charge on any atom is -0.497 e. The Hall–Kier alpha value is -1.79. The Morgan fingerprint density at radius 1 is 1.52 bits per heavy atom. The Labute approximate surface area is 137 Å². The van der Waals surface area contributed by atoms with Crippen molar-refractivity contribution in [2.24, 2.45) is 0 Å². The summed E-state index contributed by atoms with van der Waals surface area (Å²) >= 11 is 0. The van der Waals surface area contributed by atoms with Gasteiger partial charge in [0.05, 0.1) is 20.3 Å². The summed E-state index contributed by atoms with van der Waals surface area (Å²) < 4.78 is 10.7. The standard InChI is InChI=1S/C17H25N3O3/c1-22-16-4-2-3-15(10-16)20-7-5-13(11-20)19-17(21)9-14-12-23-8-6-18-14/h2-4,10,13-14,18H,5-9,11-12H2,1H3,(H,19,21). The van der Waals surface area contributed by atoms with Crippen molar-refractivity contribution in [3.8, 4) is 5.75 Å². The fourth-order valence-corrected chi connectivity index (χ4v) is 3.18. The molecule has 2 heterocycles. The molecule has 2 atom stereocenters. The van der Waals surface area contributed by atoms with Crippen LogP contribution in [-0.4, -0.2) is 57.9 Å². The summed E-state index contributed by atoms with van der Waals surface area (Å²) in [5, 5.41) is 6.46. The summed E-state index contributed by atoms with van der Waals surface area (Å²) in [6.45, 7) is 3.96. The number of nitrogens with one attached hydrogen (secondary N) is 2. The highest BCUT2D eigenvalue weighted by atomic mass is 16.5. The monoisotopic (exact) mass is 319 g/mol. The smallest absolute Gasteiger partial charge is 0.221 e. The summed E-state index contributed by atoms with van der Waals surface area (Å²) in [5.41, 5.74) is 1.14. The van der Waals surface area contributed by atoms with Crippen LogP contribution in [0.25, 0.3) is 0 Å². The van der Waals surface area contributed by atoms with Crippen molar-refractivity contribution in [1.29, 1.82) is 0 Å². The molecule has 1 aromatic carbocycles. The maximum atomic E-state index is 12.2. The number of carbonyl (C=O) groups excluding carboxylic acids is 1. The molecule has 2 saturated heterocycles. The molecule has 2 unspecified atom stereocenters. The maximum absolute atomic E-state index is 12.2. The van der Waals surface area contributed by atoms with Gasteiger partial charge in [-0.25, -0.2) is 0 Å². The Kier molecular flexibility index (Phi) is 5.35. The van der Waals surface area contributed by atoms with Crippen molar-refractivity contribution in [2.45, 2.75) is 24.9 Å². The van der Waals surface area contributed by atoms with Gasteiger partial charge >= 0.3 is 0 Å². The molecule has 2 aliphatic rings. The summed E-state index contributed by atoms with van der Waals surface area (Å²) in [6, 6.07) is 8.40. The van der Waals surface area contributed by atoms with Crippen molar-refractivity contribution in [3.63, 3.8) is 0 Å². The third-order valence-electron chi connectivity index (χ3n) is 4.40. The predicted molar refractivity (Wildman–Crippen MR) is 89.0 cm³/mol. The van der Waals surface area contributed by atoms with Crippen LogP contribution in [-0.2, 0) is 9.53 Å². The quantitative estimate of drug-likeness (QED) is 0.839. The second kappa shape index (κ2) is 7.66. The van der Waals surface area contributed by atoms with Gasteiger partial charge in [-0.15, -0.1) is 0 Å². The van der Waals surface area contributed by atoms with Crippen LogP contribution in [0.3, 0.4) is 0 Å². The first-order valence-corrected chi connectivity index (χ1v) is 8.24. The molecule has 6 heteroatoms. The number of hydrogen-bond acceptors (Lipinski definition) is 5. The molecule has 0 radical (unpaired) electrons. The van der Waals surface area contributed by atoms with Crippen molar-refractivity contribution >= 4 is 11.6 Å². The zero-order valence-corrected chi connectivity index (χ0v) is 13.6. The molecular weight excluding hydrogens is 294 g/mol. The lowest BCUT2D eigenvalue weighted by atomic mass is 10.1. The first kappa shape index (κ1) is 16.1. The molecule has 0 aliphatic carbocycles. The van der Waals surface area contributed by atoms with Gasteiger partial charge in [-0.05, 0) is 18.6 Å². The topological polar surface area (TPSA) is 62.8 Å². The van der Waals surface area contributed by atoms with Crippen LogP contribution in [0.4, 0.5) is 5.69 Å². The number of hydrogen-bond donors (Lipinski definition) is 2. The predicted octanol–water partition coefficient (Wildman–Crippen LogP) is 0.769. The van der Waals surface area contributed by atoms with Crippen molar-refractivity contribution in [3.05, 3.63) is 24.3 Å². The average molecular weight is 319 g/mol. The Balaban J connectivity index is 1.48. The van der Waals surface area contributed by atoms with E-state index in [0.29, 0.717) is 13.0 Å². The van der Waals surface area contributed by atoms with E-state index in [4.69, 9.17) is 9.47 Å². The minimum atomic E-state index is 0.102. The molecule has 3 rings (SSSR count). The lowest BCUT2D eigenvalue weighted by Crippen LogP contribution is -2.46. The number of amides is 1. The van der Waals surface area contributed by atoms with Crippen LogP contribution >= 0.6 is 0 Å². The molecule has 2 aliphatic heterocycles. The lowest BCUT2D eigenvalue weighted by Gasteiger charge is -2.24. The van der Waals surface area contributed by atoms with Gasteiger partial charge in [-0.2, -0.15) is 0 Å². The molecule has 6 nitrogen and oxygen atoms in total. The van der Waals surface area contributed by atoms with E-state index in [1.54, 1.807) is 7.11 Å². The number of anilines is 1. The highest BCUT2D eigenvalue weighted by molar-refractivity contribution is 5.77. The zero-order valence-electron chi connectivity index (χ0n) is 13.6. The Morgan fingerprint density at radius 2 is 2.43 bits per heavy atom. The summed E-state index contributed by atoms with van der Waals surface area (Å²) in [5.74, 6) is 0.962. The molecule has 0 bridgehead atoms. The number of benzene rings is 1. The molecule has 2 fully saturated rings. The van der Waals surface area contributed by atoms with Gasteiger partial charge in [-0.1, -0.05) is 6.07 Å². The second-order valence-corrected chi connectivity index (χ2v) is 6.13. The third kappa shape index (κ3) is 4.36. The van der Waals surface area contributed by atoms with Crippen molar-refractivity contribution in [1.82, 2.24) is 10.6 Å². The molecular formula is C17H25N3O3. The molecule has 1 aromatic rings. The highest BCUT2D eigenvalue weighted by Crippen LogP contribution is 2.24. The number of rotatable bonds is 5. The third-order valence-corrected chi connectivity index (χ3v) is 4.40. The molecule has 1 amide bonds. The first-order chi connectivity index (χ1) is 11.2. The molecule has 2 N–H and O–H groups in total. The largest absolute Gasteiger partial charge is 0.497 e. The number of nitrogens with zero attached hydrogens (tertiary/aromatic N) is 1. The fraction of sp³-hybridized carbons (Fsp3) is 0.588.